The zero-order valence-corrected chi connectivity index (χ0v) is 21.7. The number of nitrogen functional groups attached to an aromatic ring is 1. The quantitative estimate of drug-likeness (QED) is 0.253. The molecule has 0 fully saturated rings. The van der Waals surface area contributed by atoms with Crippen molar-refractivity contribution in [3.8, 4) is 28.3 Å². The number of benzene rings is 1. The third-order valence-electron chi connectivity index (χ3n) is 6.50. The van der Waals surface area contributed by atoms with Crippen LogP contribution in [0.4, 0.5) is 19.1 Å². The number of carbonyl (C=O) groups excluding carboxylic acids is 1. The Morgan fingerprint density at radius 1 is 1.00 bits per heavy atom. The standard InChI is InChI=1S/C28H27F3N6O2/c1-4-28(5-2,15-38)26-33-11-10-20(35-26)14-39-25-22(18-12-16(3)34-21(13-18)24(30)31)23(36-27(32)37-25)17-6-8-19(29)9-7-17/h6-13,15,24H,4-5,14H2,1-3H3,(H2,32,36,37). The van der Waals surface area contributed by atoms with E-state index in [0.717, 1.165) is 6.29 Å². The average molecular weight is 537 g/mol. The van der Waals surface area contributed by atoms with Gasteiger partial charge in [0.1, 0.15) is 30.2 Å². The molecule has 0 bridgehead atoms. The van der Waals surface area contributed by atoms with Gasteiger partial charge in [0.05, 0.1) is 22.4 Å². The molecule has 0 amide bonds. The number of pyridine rings is 1. The van der Waals surface area contributed by atoms with Crippen molar-refractivity contribution in [3.05, 3.63) is 77.4 Å². The molecule has 0 aliphatic heterocycles. The normalized spacial score (nSPS) is 11.6. The number of nitrogens with two attached hydrogens (primary N) is 1. The van der Waals surface area contributed by atoms with Crippen LogP contribution in [0.15, 0.2) is 48.7 Å². The molecule has 3 heterocycles. The van der Waals surface area contributed by atoms with Crippen LogP contribution in [0.2, 0.25) is 0 Å². The number of nitrogens with zero attached hydrogens (tertiary/aromatic N) is 5. The highest BCUT2D eigenvalue weighted by Gasteiger charge is 2.31. The van der Waals surface area contributed by atoms with Gasteiger partial charge in [-0.3, -0.25) is 4.98 Å². The molecule has 4 aromatic rings. The third kappa shape index (κ3) is 5.87. The fraction of sp³-hybridized carbons (Fsp3) is 0.286. The molecule has 2 N–H and O–H groups in total. The van der Waals surface area contributed by atoms with E-state index < -0.39 is 23.4 Å². The van der Waals surface area contributed by atoms with Crippen LogP contribution in [-0.2, 0) is 16.8 Å². The SMILES string of the molecule is CCC(C=O)(CC)c1nccc(COc2nc(N)nc(-c3ccc(F)cc3)c2-c2cc(C)nc(C(F)F)c2)n1. The molecule has 0 aliphatic carbocycles. The molecule has 4 rings (SSSR count). The van der Waals surface area contributed by atoms with Gasteiger partial charge >= 0.3 is 0 Å². The number of hydrogen-bond donors (Lipinski definition) is 1. The van der Waals surface area contributed by atoms with Gasteiger partial charge in [0.2, 0.25) is 11.8 Å². The Morgan fingerprint density at radius 2 is 1.72 bits per heavy atom. The maximum Gasteiger partial charge on any atom is 0.280 e. The maximum atomic E-state index is 13.7. The van der Waals surface area contributed by atoms with Crippen molar-refractivity contribution in [2.24, 2.45) is 0 Å². The van der Waals surface area contributed by atoms with Gasteiger partial charge < -0.3 is 15.3 Å². The number of aryl methyl sites for hydroxylation is 1. The predicted octanol–water partition coefficient (Wildman–Crippen LogP) is 5.80. The summed E-state index contributed by atoms with van der Waals surface area (Å²) in [4.78, 5) is 33.3. The van der Waals surface area contributed by atoms with Crippen molar-refractivity contribution in [1.29, 1.82) is 0 Å². The van der Waals surface area contributed by atoms with Crippen molar-refractivity contribution in [1.82, 2.24) is 24.9 Å². The van der Waals surface area contributed by atoms with E-state index in [1.165, 1.54) is 30.3 Å². The van der Waals surface area contributed by atoms with Crippen molar-refractivity contribution in [3.63, 3.8) is 0 Å². The third-order valence-corrected chi connectivity index (χ3v) is 6.50. The van der Waals surface area contributed by atoms with E-state index >= 15 is 0 Å². The van der Waals surface area contributed by atoms with E-state index in [4.69, 9.17) is 10.5 Å². The molecule has 0 unspecified atom stereocenters. The molecule has 202 valence electrons. The number of ether oxygens (including phenoxy) is 1. The van der Waals surface area contributed by atoms with Crippen molar-refractivity contribution in [2.75, 3.05) is 5.73 Å². The Morgan fingerprint density at radius 3 is 2.36 bits per heavy atom. The molecular formula is C28H27F3N6O2. The molecule has 0 saturated heterocycles. The van der Waals surface area contributed by atoms with Crippen LogP contribution in [0.5, 0.6) is 5.88 Å². The summed E-state index contributed by atoms with van der Waals surface area (Å²) < 4.78 is 47.0. The lowest BCUT2D eigenvalue weighted by Crippen LogP contribution is -2.29. The average Bonchev–Trinajstić information content (AvgIpc) is 2.93. The summed E-state index contributed by atoms with van der Waals surface area (Å²) in [5.74, 6) is -0.193. The lowest BCUT2D eigenvalue weighted by molar-refractivity contribution is -0.113. The summed E-state index contributed by atoms with van der Waals surface area (Å²) in [7, 11) is 0. The zero-order chi connectivity index (χ0) is 28.2. The predicted molar refractivity (Wildman–Crippen MR) is 139 cm³/mol. The highest BCUT2D eigenvalue weighted by atomic mass is 19.3. The molecular weight excluding hydrogens is 509 g/mol. The van der Waals surface area contributed by atoms with E-state index in [1.54, 1.807) is 25.3 Å². The number of carbonyl (C=O) groups is 1. The van der Waals surface area contributed by atoms with Crippen molar-refractivity contribution in [2.45, 2.75) is 52.1 Å². The smallest absolute Gasteiger partial charge is 0.280 e. The van der Waals surface area contributed by atoms with Crippen LogP contribution in [0.25, 0.3) is 22.4 Å². The van der Waals surface area contributed by atoms with Gasteiger partial charge in [-0.2, -0.15) is 4.98 Å². The molecule has 8 nitrogen and oxygen atoms in total. The Labute approximate surface area is 223 Å². The zero-order valence-electron chi connectivity index (χ0n) is 21.7. The minimum Gasteiger partial charge on any atom is -0.471 e. The monoisotopic (exact) mass is 536 g/mol. The lowest BCUT2D eigenvalue weighted by atomic mass is 9.83. The first-order valence-electron chi connectivity index (χ1n) is 12.3. The molecule has 39 heavy (non-hydrogen) atoms. The van der Waals surface area contributed by atoms with Gasteiger partial charge in [-0.1, -0.05) is 13.8 Å². The second-order valence-electron chi connectivity index (χ2n) is 8.98. The van der Waals surface area contributed by atoms with Crippen molar-refractivity contribution < 1.29 is 22.7 Å². The van der Waals surface area contributed by atoms with Gasteiger partial charge in [0.15, 0.2) is 0 Å². The number of alkyl halides is 2. The van der Waals surface area contributed by atoms with Gasteiger partial charge in [0.25, 0.3) is 6.43 Å². The first-order valence-corrected chi connectivity index (χ1v) is 12.3. The molecule has 0 radical (unpaired) electrons. The Kier molecular flexibility index (Phi) is 8.18. The van der Waals surface area contributed by atoms with Gasteiger partial charge in [0, 0.05) is 17.5 Å². The van der Waals surface area contributed by atoms with Crippen LogP contribution in [0.3, 0.4) is 0 Å². The number of rotatable bonds is 10. The Balaban J connectivity index is 1.83. The van der Waals surface area contributed by atoms with Crippen LogP contribution in [-0.4, -0.2) is 31.2 Å². The molecule has 0 saturated carbocycles. The number of aldehydes is 1. The fourth-order valence-electron chi connectivity index (χ4n) is 4.23. The molecule has 0 spiro atoms. The second kappa shape index (κ2) is 11.5. The van der Waals surface area contributed by atoms with Crippen LogP contribution < -0.4 is 10.5 Å². The minimum atomic E-state index is -2.81. The molecule has 1 aromatic carbocycles. The fourth-order valence-corrected chi connectivity index (χ4v) is 4.23. The number of aromatic nitrogens is 5. The molecule has 0 aliphatic rings. The highest BCUT2D eigenvalue weighted by molar-refractivity contribution is 5.85. The van der Waals surface area contributed by atoms with E-state index in [9.17, 15) is 18.0 Å². The van der Waals surface area contributed by atoms with E-state index in [-0.39, 0.29) is 29.7 Å². The minimum absolute atomic E-state index is 0.0143. The van der Waals surface area contributed by atoms with Gasteiger partial charge in [-0.25, -0.2) is 28.1 Å². The van der Waals surface area contributed by atoms with Gasteiger partial charge in [-0.05, 0) is 67.8 Å². The Bertz CT molecular complexity index is 1480. The van der Waals surface area contributed by atoms with Crippen molar-refractivity contribution >= 4 is 12.2 Å². The number of anilines is 1. The summed E-state index contributed by atoms with van der Waals surface area (Å²) in [5.41, 5.74) is 6.93. The maximum absolute atomic E-state index is 13.7. The molecule has 11 heteroatoms. The van der Waals surface area contributed by atoms with E-state index in [1.807, 2.05) is 13.8 Å². The summed E-state index contributed by atoms with van der Waals surface area (Å²) in [6.07, 6.45) is 0.645. The van der Waals surface area contributed by atoms with E-state index in [0.29, 0.717) is 41.2 Å². The summed E-state index contributed by atoms with van der Waals surface area (Å²) in [6.45, 7) is 5.29. The molecule has 3 aromatic heterocycles. The topological polar surface area (TPSA) is 117 Å². The second-order valence-corrected chi connectivity index (χ2v) is 8.98. The largest absolute Gasteiger partial charge is 0.471 e. The van der Waals surface area contributed by atoms with Crippen LogP contribution in [0.1, 0.15) is 56.0 Å². The molecule has 0 atom stereocenters. The first-order chi connectivity index (χ1) is 18.7. The summed E-state index contributed by atoms with van der Waals surface area (Å²) in [6, 6.07) is 9.98. The first kappa shape index (κ1) is 27.6. The summed E-state index contributed by atoms with van der Waals surface area (Å²) >= 11 is 0. The summed E-state index contributed by atoms with van der Waals surface area (Å²) in [5, 5.41) is 0. The number of hydrogen-bond acceptors (Lipinski definition) is 8. The van der Waals surface area contributed by atoms with E-state index in [2.05, 4.69) is 24.9 Å². The van der Waals surface area contributed by atoms with Gasteiger partial charge in [-0.15, -0.1) is 0 Å². The van der Waals surface area contributed by atoms with Crippen LogP contribution in [0, 0.1) is 12.7 Å². The highest BCUT2D eigenvalue weighted by Crippen LogP contribution is 2.39. The van der Waals surface area contributed by atoms with Crippen LogP contribution >= 0.6 is 0 Å². The number of halogens is 3. The Hall–Kier alpha value is -4.41. The lowest BCUT2D eigenvalue weighted by Gasteiger charge is -2.23.